The zero-order valence-corrected chi connectivity index (χ0v) is 17.3. The Morgan fingerprint density at radius 3 is 2.45 bits per heavy atom. The highest BCUT2D eigenvalue weighted by Crippen LogP contribution is 2.37. The van der Waals surface area contributed by atoms with Crippen molar-refractivity contribution < 1.29 is 32.2 Å². The molecule has 1 N–H and O–H groups in total. The van der Waals surface area contributed by atoms with Crippen LogP contribution in [0.1, 0.15) is 26.3 Å². The van der Waals surface area contributed by atoms with Gasteiger partial charge in [0.15, 0.2) is 11.9 Å². The van der Waals surface area contributed by atoms with Gasteiger partial charge in [0, 0.05) is 12.2 Å². The van der Waals surface area contributed by atoms with Crippen molar-refractivity contribution in [3.63, 3.8) is 0 Å². The van der Waals surface area contributed by atoms with Crippen molar-refractivity contribution in [2.45, 2.75) is 45.2 Å². The highest BCUT2D eigenvalue weighted by atomic mass is 19.4. The van der Waals surface area contributed by atoms with Crippen LogP contribution in [-0.4, -0.2) is 36.3 Å². The summed E-state index contributed by atoms with van der Waals surface area (Å²) < 4.78 is 49.2. The van der Waals surface area contributed by atoms with Crippen molar-refractivity contribution in [3.05, 3.63) is 54.1 Å². The second kappa shape index (κ2) is 8.49. The summed E-state index contributed by atoms with van der Waals surface area (Å²) in [4.78, 5) is 25.9. The molecule has 6 nitrogen and oxygen atoms in total. The van der Waals surface area contributed by atoms with E-state index in [-0.39, 0.29) is 11.5 Å². The molecule has 0 radical (unpaired) electrons. The molecule has 0 aromatic heterocycles. The SMILES string of the molecule is CC(=O)[C@H]1CN(Cc2ccccc2)c2cc(NC(=O)OC(C)(C)C(F)(F)F)ccc2O1. The number of fused-ring (bicyclic) bond motifs is 1. The Balaban J connectivity index is 1.83. The Morgan fingerprint density at radius 2 is 1.84 bits per heavy atom. The minimum absolute atomic E-state index is 0.121. The van der Waals surface area contributed by atoms with E-state index in [1.54, 1.807) is 12.1 Å². The summed E-state index contributed by atoms with van der Waals surface area (Å²) in [5, 5.41) is 2.33. The van der Waals surface area contributed by atoms with Gasteiger partial charge in [-0.3, -0.25) is 10.1 Å². The third-order valence-corrected chi connectivity index (χ3v) is 4.90. The fourth-order valence-electron chi connectivity index (χ4n) is 3.03. The van der Waals surface area contributed by atoms with Gasteiger partial charge in [-0.1, -0.05) is 30.3 Å². The number of halogens is 3. The maximum Gasteiger partial charge on any atom is 0.427 e. The number of ether oxygens (including phenoxy) is 2. The third-order valence-electron chi connectivity index (χ3n) is 4.90. The van der Waals surface area contributed by atoms with Crippen LogP contribution in [0.15, 0.2) is 48.5 Å². The lowest BCUT2D eigenvalue weighted by Crippen LogP contribution is -2.44. The predicted molar refractivity (Wildman–Crippen MR) is 109 cm³/mol. The second-order valence-electron chi connectivity index (χ2n) is 7.79. The number of carbonyl (C=O) groups is 2. The smallest absolute Gasteiger partial charge is 0.427 e. The van der Waals surface area contributed by atoms with Crippen molar-refractivity contribution in [1.29, 1.82) is 0 Å². The molecule has 2 aromatic carbocycles. The maximum atomic E-state index is 13.0. The molecule has 1 heterocycles. The van der Waals surface area contributed by atoms with Crippen molar-refractivity contribution >= 4 is 23.3 Å². The monoisotopic (exact) mass is 436 g/mol. The zero-order valence-electron chi connectivity index (χ0n) is 17.3. The average Bonchev–Trinajstić information content (AvgIpc) is 2.67. The van der Waals surface area contributed by atoms with E-state index in [1.807, 2.05) is 35.2 Å². The molecule has 0 saturated carbocycles. The van der Waals surface area contributed by atoms with Crippen LogP contribution in [0.25, 0.3) is 0 Å². The molecule has 166 valence electrons. The van der Waals surface area contributed by atoms with E-state index in [4.69, 9.17) is 4.74 Å². The molecule has 1 atom stereocenters. The lowest BCUT2D eigenvalue weighted by Gasteiger charge is -2.35. The molecule has 1 aliphatic heterocycles. The molecule has 1 amide bonds. The van der Waals surface area contributed by atoms with Gasteiger partial charge in [-0.25, -0.2) is 4.79 Å². The van der Waals surface area contributed by atoms with Crippen LogP contribution in [0.2, 0.25) is 0 Å². The van der Waals surface area contributed by atoms with Gasteiger partial charge in [0.2, 0.25) is 5.60 Å². The normalized spacial score (nSPS) is 16.2. The standard InChI is InChI=1S/C22H23F3N2O4/c1-14(28)19-13-27(12-15-7-5-4-6-8-15)17-11-16(9-10-18(17)30-19)26-20(29)31-21(2,3)22(23,24)25/h4-11,19H,12-13H2,1-3H3,(H,26,29)/t19-/m1/s1. The lowest BCUT2D eigenvalue weighted by molar-refractivity contribution is -0.242. The van der Waals surface area contributed by atoms with Gasteiger partial charge in [0.05, 0.1) is 12.2 Å². The molecular weight excluding hydrogens is 413 g/mol. The minimum atomic E-state index is -4.71. The summed E-state index contributed by atoms with van der Waals surface area (Å²) in [6.07, 6.45) is -6.58. The molecule has 0 unspecified atom stereocenters. The number of ketones is 1. The molecule has 0 fully saturated rings. The molecule has 1 aliphatic rings. The summed E-state index contributed by atoms with van der Waals surface area (Å²) in [6, 6.07) is 14.2. The Morgan fingerprint density at radius 1 is 1.16 bits per heavy atom. The quantitative estimate of drug-likeness (QED) is 0.720. The Hall–Kier alpha value is -3.23. The number of Topliss-reactive ketones (excluding diaryl/α,β-unsaturated/α-hetero) is 1. The molecule has 0 aliphatic carbocycles. The number of hydrogen-bond donors (Lipinski definition) is 1. The van der Waals surface area contributed by atoms with Crippen LogP contribution in [0, 0.1) is 0 Å². The number of anilines is 2. The van der Waals surface area contributed by atoms with E-state index in [0.29, 0.717) is 24.5 Å². The molecule has 3 rings (SSSR count). The summed E-state index contributed by atoms with van der Waals surface area (Å²) >= 11 is 0. The predicted octanol–water partition coefficient (Wildman–Crippen LogP) is 4.93. The number of carbonyl (C=O) groups excluding carboxylic acids is 2. The summed E-state index contributed by atoms with van der Waals surface area (Å²) in [5.41, 5.74) is -0.788. The van der Waals surface area contributed by atoms with Gasteiger partial charge in [-0.05, 0) is 44.5 Å². The molecule has 0 spiro atoms. The zero-order chi connectivity index (χ0) is 22.8. The lowest BCUT2D eigenvalue weighted by atomic mass is 10.1. The van der Waals surface area contributed by atoms with Crippen molar-refractivity contribution in [3.8, 4) is 5.75 Å². The first-order chi connectivity index (χ1) is 14.5. The maximum absolute atomic E-state index is 13.0. The highest BCUT2D eigenvalue weighted by molar-refractivity contribution is 5.87. The molecule has 0 saturated heterocycles. The summed E-state index contributed by atoms with van der Waals surface area (Å²) in [6.45, 7) is 3.78. The number of benzene rings is 2. The number of alkyl halides is 3. The molecule has 9 heteroatoms. The van der Waals surface area contributed by atoms with Crippen LogP contribution in [-0.2, 0) is 16.1 Å². The number of hydrogen-bond acceptors (Lipinski definition) is 5. The topological polar surface area (TPSA) is 67.9 Å². The highest BCUT2D eigenvalue weighted by Gasteiger charge is 2.51. The fourth-order valence-corrected chi connectivity index (χ4v) is 3.03. The molecule has 31 heavy (non-hydrogen) atoms. The average molecular weight is 436 g/mol. The Labute approximate surface area is 177 Å². The largest absolute Gasteiger partial charge is 0.479 e. The van der Waals surface area contributed by atoms with Crippen LogP contribution in [0.4, 0.5) is 29.3 Å². The third kappa shape index (κ3) is 5.28. The van der Waals surface area contributed by atoms with Gasteiger partial charge >= 0.3 is 12.3 Å². The first-order valence-corrected chi connectivity index (χ1v) is 9.63. The van der Waals surface area contributed by atoms with Crippen LogP contribution >= 0.6 is 0 Å². The van der Waals surface area contributed by atoms with Crippen molar-refractivity contribution in [1.82, 2.24) is 0 Å². The van der Waals surface area contributed by atoms with Gasteiger partial charge in [-0.15, -0.1) is 0 Å². The number of nitrogens with one attached hydrogen (secondary N) is 1. The van der Waals surface area contributed by atoms with Crippen LogP contribution in [0.3, 0.4) is 0 Å². The number of nitrogens with zero attached hydrogens (tertiary/aromatic N) is 1. The number of rotatable bonds is 5. The van der Waals surface area contributed by atoms with E-state index in [0.717, 1.165) is 19.4 Å². The van der Waals surface area contributed by atoms with E-state index < -0.39 is 24.0 Å². The second-order valence-corrected chi connectivity index (χ2v) is 7.79. The van der Waals surface area contributed by atoms with E-state index in [2.05, 4.69) is 10.1 Å². The molecular formula is C22H23F3N2O4. The fraction of sp³-hybridized carbons (Fsp3) is 0.364. The van der Waals surface area contributed by atoms with Crippen LogP contribution in [0.5, 0.6) is 5.75 Å². The Kier molecular flexibility index (Phi) is 6.15. The first kappa shape index (κ1) is 22.5. The summed E-state index contributed by atoms with van der Waals surface area (Å²) in [5.74, 6) is 0.320. The van der Waals surface area contributed by atoms with Gasteiger partial charge in [0.25, 0.3) is 0 Å². The van der Waals surface area contributed by atoms with E-state index in [9.17, 15) is 22.8 Å². The molecule has 2 aromatic rings. The minimum Gasteiger partial charge on any atom is -0.479 e. The van der Waals surface area contributed by atoms with Crippen molar-refractivity contribution in [2.75, 3.05) is 16.8 Å². The van der Waals surface area contributed by atoms with Gasteiger partial charge < -0.3 is 14.4 Å². The van der Waals surface area contributed by atoms with Crippen molar-refractivity contribution in [2.24, 2.45) is 0 Å². The first-order valence-electron chi connectivity index (χ1n) is 9.63. The molecule has 0 bridgehead atoms. The van der Waals surface area contributed by atoms with Gasteiger partial charge in [0.1, 0.15) is 5.75 Å². The van der Waals surface area contributed by atoms with Crippen LogP contribution < -0.4 is 15.0 Å². The van der Waals surface area contributed by atoms with E-state index in [1.165, 1.54) is 13.0 Å². The van der Waals surface area contributed by atoms with E-state index >= 15 is 0 Å². The Bertz CT molecular complexity index is 961. The number of amides is 1. The summed E-state index contributed by atoms with van der Waals surface area (Å²) in [7, 11) is 0. The van der Waals surface area contributed by atoms with Gasteiger partial charge in [-0.2, -0.15) is 13.2 Å².